The van der Waals surface area contributed by atoms with Crippen LogP contribution in [0.2, 0.25) is 0 Å². The molecule has 2 aliphatic heterocycles. The highest BCUT2D eigenvalue weighted by molar-refractivity contribution is 5.93. The average molecular weight is 395 g/mol. The monoisotopic (exact) mass is 394 g/mol. The van der Waals surface area contributed by atoms with Crippen LogP contribution in [0.3, 0.4) is 0 Å². The van der Waals surface area contributed by atoms with Gasteiger partial charge in [-0.15, -0.1) is 0 Å². The second-order valence-corrected chi connectivity index (χ2v) is 8.33. The zero-order valence-electron chi connectivity index (χ0n) is 17.1. The minimum Gasteiger partial charge on any atom is -0.349 e. The molecule has 0 saturated carbocycles. The van der Waals surface area contributed by atoms with Gasteiger partial charge in [0.05, 0.1) is 5.56 Å². The lowest BCUT2D eigenvalue weighted by atomic mass is 10.00. The normalized spacial score (nSPS) is 19.3. The molecule has 4 heterocycles. The molecule has 1 amide bonds. The Balaban J connectivity index is 1.24. The molecule has 2 aromatic rings. The van der Waals surface area contributed by atoms with Gasteiger partial charge < -0.3 is 10.2 Å². The van der Waals surface area contributed by atoms with Crippen LogP contribution in [0.1, 0.15) is 48.5 Å². The van der Waals surface area contributed by atoms with Crippen LogP contribution >= 0.6 is 0 Å². The average Bonchev–Trinajstić information content (AvgIpc) is 2.76. The van der Waals surface area contributed by atoms with Crippen LogP contribution in [0.25, 0.3) is 0 Å². The van der Waals surface area contributed by atoms with Crippen LogP contribution < -0.4 is 10.2 Å². The smallest absolute Gasteiger partial charge is 0.254 e. The first-order valence-corrected chi connectivity index (χ1v) is 10.7. The molecule has 0 aromatic carbocycles. The fourth-order valence-corrected chi connectivity index (χ4v) is 4.06. The van der Waals surface area contributed by atoms with E-state index in [-0.39, 0.29) is 11.9 Å². The van der Waals surface area contributed by atoms with Gasteiger partial charge >= 0.3 is 0 Å². The van der Waals surface area contributed by atoms with Crippen molar-refractivity contribution in [1.82, 2.24) is 25.2 Å². The first-order chi connectivity index (χ1) is 14.2. The number of aromatic nitrogens is 3. The lowest BCUT2D eigenvalue weighted by Gasteiger charge is -2.32. The van der Waals surface area contributed by atoms with E-state index in [1.165, 1.54) is 18.4 Å². The molecule has 29 heavy (non-hydrogen) atoms. The van der Waals surface area contributed by atoms with Crippen LogP contribution in [0, 0.1) is 5.92 Å². The van der Waals surface area contributed by atoms with Gasteiger partial charge in [-0.1, -0.05) is 13.0 Å². The van der Waals surface area contributed by atoms with Gasteiger partial charge in [0.25, 0.3) is 5.91 Å². The number of pyridine rings is 1. The van der Waals surface area contributed by atoms with E-state index in [1.807, 2.05) is 12.3 Å². The number of hydrogen-bond acceptors (Lipinski definition) is 6. The Labute approximate surface area is 172 Å². The Morgan fingerprint density at radius 2 is 1.79 bits per heavy atom. The molecule has 0 unspecified atom stereocenters. The first-order valence-electron chi connectivity index (χ1n) is 10.7. The fourth-order valence-electron chi connectivity index (χ4n) is 4.06. The van der Waals surface area contributed by atoms with Crippen LogP contribution in [0.4, 0.5) is 5.95 Å². The molecule has 2 aliphatic rings. The number of anilines is 1. The summed E-state index contributed by atoms with van der Waals surface area (Å²) in [6, 6.07) is 4.28. The maximum absolute atomic E-state index is 12.6. The maximum atomic E-state index is 12.6. The molecule has 0 bridgehead atoms. The van der Waals surface area contributed by atoms with E-state index in [4.69, 9.17) is 0 Å². The third kappa shape index (κ3) is 5.29. The molecule has 0 spiro atoms. The molecule has 0 aliphatic carbocycles. The summed E-state index contributed by atoms with van der Waals surface area (Å²) < 4.78 is 0. The molecule has 4 rings (SSSR count). The Kier molecular flexibility index (Phi) is 6.34. The van der Waals surface area contributed by atoms with E-state index < -0.39 is 0 Å². The second-order valence-electron chi connectivity index (χ2n) is 8.33. The van der Waals surface area contributed by atoms with Crippen LogP contribution in [-0.4, -0.2) is 58.0 Å². The number of nitrogens with one attached hydrogen (secondary N) is 1. The van der Waals surface area contributed by atoms with E-state index in [9.17, 15) is 4.79 Å². The van der Waals surface area contributed by atoms with Crippen LogP contribution in [0.5, 0.6) is 0 Å². The molecule has 0 atom stereocenters. The molecule has 7 nitrogen and oxygen atoms in total. The Bertz CT molecular complexity index is 781. The summed E-state index contributed by atoms with van der Waals surface area (Å²) in [5.74, 6) is 1.43. The van der Waals surface area contributed by atoms with Crippen molar-refractivity contribution in [1.29, 1.82) is 0 Å². The van der Waals surface area contributed by atoms with Crippen molar-refractivity contribution in [2.45, 2.75) is 45.2 Å². The summed E-state index contributed by atoms with van der Waals surface area (Å²) >= 11 is 0. The molecule has 2 aromatic heterocycles. The van der Waals surface area contributed by atoms with Crippen molar-refractivity contribution in [2.75, 3.05) is 31.1 Å². The third-order valence-electron chi connectivity index (χ3n) is 6.02. The highest BCUT2D eigenvalue weighted by atomic mass is 16.1. The van der Waals surface area contributed by atoms with Gasteiger partial charge in [-0.25, -0.2) is 9.97 Å². The van der Waals surface area contributed by atoms with E-state index in [0.717, 1.165) is 57.4 Å². The quantitative estimate of drug-likeness (QED) is 0.840. The highest BCUT2D eigenvalue weighted by Gasteiger charge is 2.22. The number of nitrogens with zero attached hydrogens (tertiary/aromatic N) is 5. The lowest BCUT2D eigenvalue weighted by Crippen LogP contribution is -2.44. The van der Waals surface area contributed by atoms with Gasteiger partial charge in [0.15, 0.2) is 0 Å². The van der Waals surface area contributed by atoms with Gasteiger partial charge in [0.1, 0.15) is 0 Å². The molecule has 2 fully saturated rings. The predicted octanol–water partition coefficient (Wildman–Crippen LogP) is 2.50. The fraction of sp³-hybridized carbons (Fsp3) is 0.545. The van der Waals surface area contributed by atoms with Crippen molar-refractivity contribution in [3.05, 3.63) is 48.0 Å². The lowest BCUT2D eigenvalue weighted by molar-refractivity contribution is 0.0908. The minimum absolute atomic E-state index is 0.0745. The zero-order valence-corrected chi connectivity index (χ0v) is 17.1. The Hall–Kier alpha value is -2.54. The van der Waals surface area contributed by atoms with E-state index >= 15 is 0 Å². The van der Waals surface area contributed by atoms with Gasteiger partial charge in [-0.3, -0.25) is 14.7 Å². The largest absolute Gasteiger partial charge is 0.349 e. The summed E-state index contributed by atoms with van der Waals surface area (Å²) in [4.78, 5) is 30.3. The maximum Gasteiger partial charge on any atom is 0.254 e. The summed E-state index contributed by atoms with van der Waals surface area (Å²) in [6.45, 7) is 7.13. The topological polar surface area (TPSA) is 74.2 Å². The zero-order chi connectivity index (χ0) is 20.1. The summed E-state index contributed by atoms with van der Waals surface area (Å²) in [5.41, 5.74) is 1.77. The van der Waals surface area contributed by atoms with E-state index in [1.54, 1.807) is 18.6 Å². The summed E-state index contributed by atoms with van der Waals surface area (Å²) in [6.07, 6.45) is 11.3. The van der Waals surface area contributed by atoms with Crippen molar-refractivity contribution in [3.8, 4) is 0 Å². The second kappa shape index (κ2) is 9.31. The number of carbonyl (C=O) groups is 1. The van der Waals surface area contributed by atoms with Crippen molar-refractivity contribution in [2.24, 2.45) is 5.92 Å². The van der Waals surface area contributed by atoms with Crippen molar-refractivity contribution in [3.63, 3.8) is 0 Å². The molecule has 0 radical (unpaired) electrons. The molecular weight excluding hydrogens is 364 g/mol. The van der Waals surface area contributed by atoms with Crippen molar-refractivity contribution < 1.29 is 4.79 Å². The van der Waals surface area contributed by atoms with Gasteiger partial charge in [0, 0.05) is 63.6 Å². The van der Waals surface area contributed by atoms with E-state index in [2.05, 4.69) is 43.1 Å². The van der Waals surface area contributed by atoms with Crippen LogP contribution in [0.15, 0.2) is 36.9 Å². The van der Waals surface area contributed by atoms with Gasteiger partial charge in [0.2, 0.25) is 5.95 Å². The molecular formula is C22H30N6O. The molecule has 1 N–H and O–H groups in total. The summed E-state index contributed by atoms with van der Waals surface area (Å²) in [5, 5.41) is 3.15. The highest BCUT2D eigenvalue weighted by Crippen LogP contribution is 2.20. The summed E-state index contributed by atoms with van der Waals surface area (Å²) in [7, 11) is 0. The van der Waals surface area contributed by atoms with E-state index in [0.29, 0.717) is 5.56 Å². The standard InChI is InChI=1S/C22H30N6O/c1-17-4-11-28(12-5-17)22-24-14-19(15-25-22)21(29)26-20-6-9-27(10-7-20)16-18-3-2-8-23-13-18/h2-3,8,13-15,17,20H,4-7,9-12,16H2,1H3,(H,26,29). The minimum atomic E-state index is -0.0745. The Morgan fingerprint density at radius 3 is 2.45 bits per heavy atom. The van der Waals surface area contributed by atoms with Gasteiger partial charge in [-0.05, 0) is 43.2 Å². The number of piperidine rings is 2. The van der Waals surface area contributed by atoms with Crippen molar-refractivity contribution >= 4 is 11.9 Å². The first kappa shape index (κ1) is 19.8. The molecule has 2 saturated heterocycles. The van der Waals surface area contributed by atoms with Gasteiger partial charge in [-0.2, -0.15) is 0 Å². The predicted molar refractivity (Wildman–Crippen MR) is 113 cm³/mol. The molecule has 154 valence electrons. The van der Waals surface area contributed by atoms with Crippen LogP contribution in [-0.2, 0) is 6.54 Å². The number of carbonyl (C=O) groups excluding carboxylic acids is 1. The number of rotatable bonds is 5. The Morgan fingerprint density at radius 1 is 1.07 bits per heavy atom. The number of hydrogen-bond donors (Lipinski definition) is 1. The third-order valence-corrected chi connectivity index (χ3v) is 6.02. The number of likely N-dealkylation sites (tertiary alicyclic amines) is 1. The SMILES string of the molecule is CC1CCN(c2ncc(C(=O)NC3CCN(Cc4cccnc4)CC3)cn2)CC1. The molecule has 7 heteroatoms. The number of amides is 1.